The Hall–Kier alpha value is -2.65. The van der Waals surface area contributed by atoms with Gasteiger partial charge in [0.25, 0.3) is 5.91 Å². The molecule has 0 bridgehead atoms. The standard InChI is InChI=1S/C18H14F2N2O3S2/c1-2-27(24,25)16-6-4-3-5-12(16)17(23)22-18-21-15(10-26-18)11-7-8-13(19)14(20)9-11/h3-10H,2H2,1H3,(H,21,22,23). The second-order valence-electron chi connectivity index (χ2n) is 5.52. The van der Waals surface area contributed by atoms with E-state index in [1.807, 2.05) is 0 Å². The van der Waals surface area contributed by atoms with E-state index in [4.69, 9.17) is 0 Å². The highest BCUT2D eigenvalue weighted by Gasteiger charge is 2.21. The molecule has 0 saturated heterocycles. The molecule has 0 saturated carbocycles. The number of hydrogen-bond donors (Lipinski definition) is 1. The Morgan fingerprint density at radius 1 is 1.15 bits per heavy atom. The van der Waals surface area contributed by atoms with Gasteiger partial charge in [-0.3, -0.25) is 10.1 Å². The van der Waals surface area contributed by atoms with E-state index in [9.17, 15) is 22.0 Å². The van der Waals surface area contributed by atoms with Crippen molar-refractivity contribution in [1.82, 2.24) is 4.98 Å². The molecule has 140 valence electrons. The first-order valence-corrected chi connectivity index (χ1v) is 10.4. The van der Waals surface area contributed by atoms with Gasteiger partial charge in [0, 0.05) is 10.9 Å². The smallest absolute Gasteiger partial charge is 0.258 e. The van der Waals surface area contributed by atoms with Crippen molar-refractivity contribution in [2.24, 2.45) is 0 Å². The van der Waals surface area contributed by atoms with Gasteiger partial charge in [0.05, 0.1) is 21.9 Å². The summed E-state index contributed by atoms with van der Waals surface area (Å²) >= 11 is 1.09. The molecule has 0 aliphatic heterocycles. The predicted molar refractivity (Wildman–Crippen MR) is 99.6 cm³/mol. The van der Waals surface area contributed by atoms with E-state index in [2.05, 4.69) is 10.3 Å². The zero-order chi connectivity index (χ0) is 19.6. The molecule has 3 aromatic rings. The van der Waals surface area contributed by atoms with Crippen LogP contribution in [0, 0.1) is 11.6 Å². The van der Waals surface area contributed by atoms with Gasteiger partial charge in [-0.15, -0.1) is 11.3 Å². The van der Waals surface area contributed by atoms with Gasteiger partial charge in [0.15, 0.2) is 26.6 Å². The maximum Gasteiger partial charge on any atom is 0.258 e. The van der Waals surface area contributed by atoms with Crippen LogP contribution in [0.15, 0.2) is 52.7 Å². The lowest BCUT2D eigenvalue weighted by Gasteiger charge is -2.08. The van der Waals surface area contributed by atoms with Gasteiger partial charge >= 0.3 is 0 Å². The normalized spacial score (nSPS) is 11.4. The zero-order valence-corrected chi connectivity index (χ0v) is 15.7. The molecule has 27 heavy (non-hydrogen) atoms. The maximum absolute atomic E-state index is 13.4. The van der Waals surface area contributed by atoms with Crippen LogP contribution >= 0.6 is 11.3 Å². The number of carbonyl (C=O) groups is 1. The number of hydrogen-bond acceptors (Lipinski definition) is 5. The van der Waals surface area contributed by atoms with Gasteiger partial charge in [-0.05, 0) is 30.3 Å². The molecule has 1 amide bonds. The molecule has 0 aliphatic carbocycles. The lowest BCUT2D eigenvalue weighted by atomic mass is 10.2. The molecule has 0 atom stereocenters. The molecular formula is C18H14F2N2O3S2. The molecule has 0 radical (unpaired) electrons. The van der Waals surface area contributed by atoms with Gasteiger partial charge in [-0.2, -0.15) is 0 Å². The van der Waals surface area contributed by atoms with E-state index in [1.165, 1.54) is 25.1 Å². The molecule has 1 aromatic heterocycles. The van der Waals surface area contributed by atoms with E-state index < -0.39 is 27.4 Å². The van der Waals surface area contributed by atoms with E-state index >= 15 is 0 Å². The first kappa shape index (κ1) is 19.1. The first-order valence-electron chi connectivity index (χ1n) is 7.86. The Labute approximate surface area is 158 Å². The minimum Gasteiger partial charge on any atom is -0.298 e. The molecule has 1 N–H and O–H groups in total. The van der Waals surface area contributed by atoms with Crippen LogP contribution < -0.4 is 5.32 Å². The van der Waals surface area contributed by atoms with E-state index in [1.54, 1.807) is 17.5 Å². The summed E-state index contributed by atoms with van der Waals surface area (Å²) in [6.07, 6.45) is 0. The lowest BCUT2D eigenvalue weighted by Crippen LogP contribution is -2.17. The minimum atomic E-state index is -3.57. The van der Waals surface area contributed by atoms with Crippen molar-refractivity contribution < 1.29 is 22.0 Å². The van der Waals surface area contributed by atoms with E-state index in [-0.39, 0.29) is 21.3 Å². The summed E-state index contributed by atoms with van der Waals surface area (Å²) in [5.74, 6) is -2.70. The van der Waals surface area contributed by atoms with Gasteiger partial charge in [-0.25, -0.2) is 22.2 Å². The fraction of sp³-hybridized carbons (Fsp3) is 0.111. The van der Waals surface area contributed by atoms with Gasteiger partial charge in [-0.1, -0.05) is 19.1 Å². The molecule has 0 spiro atoms. The quantitative estimate of drug-likeness (QED) is 0.689. The number of halogens is 2. The predicted octanol–water partition coefficient (Wildman–Crippen LogP) is 4.13. The van der Waals surface area contributed by atoms with Crippen molar-refractivity contribution >= 4 is 32.2 Å². The van der Waals surface area contributed by atoms with Gasteiger partial charge in [0.2, 0.25) is 0 Å². The summed E-state index contributed by atoms with van der Waals surface area (Å²) in [4.78, 5) is 16.6. The number of thiazole rings is 1. The minimum absolute atomic E-state index is 0.0175. The Morgan fingerprint density at radius 3 is 2.59 bits per heavy atom. The number of aromatic nitrogens is 1. The third-order valence-corrected chi connectivity index (χ3v) is 6.33. The number of benzene rings is 2. The highest BCUT2D eigenvalue weighted by atomic mass is 32.2. The van der Waals surface area contributed by atoms with E-state index in [0.29, 0.717) is 11.3 Å². The molecule has 0 aliphatic rings. The summed E-state index contributed by atoms with van der Waals surface area (Å²) in [5, 5.41) is 4.34. The van der Waals surface area contributed by atoms with Crippen molar-refractivity contribution in [3.63, 3.8) is 0 Å². The molecular weight excluding hydrogens is 394 g/mol. The zero-order valence-electron chi connectivity index (χ0n) is 14.1. The van der Waals surface area contributed by atoms with E-state index in [0.717, 1.165) is 23.5 Å². The van der Waals surface area contributed by atoms with Crippen molar-refractivity contribution in [2.75, 3.05) is 11.1 Å². The number of nitrogens with one attached hydrogen (secondary N) is 1. The summed E-state index contributed by atoms with van der Waals surface area (Å²) in [5.41, 5.74) is 0.743. The first-order chi connectivity index (χ1) is 12.8. The van der Waals surface area contributed by atoms with Crippen LogP contribution in [0.25, 0.3) is 11.3 Å². The Balaban J connectivity index is 1.86. The van der Waals surface area contributed by atoms with Crippen LogP contribution in [0.1, 0.15) is 17.3 Å². The summed E-state index contributed by atoms with van der Waals surface area (Å²) in [6.45, 7) is 1.50. The third kappa shape index (κ3) is 4.04. The monoisotopic (exact) mass is 408 g/mol. The molecule has 0 fully saturated rings. The van der Waals surface area contributed by atoms with Crippen LogP contribution in [0.2, 0.25) is 0 Å². The van der Waals surface area contributed by atoms with Crippen LogP contribution in [-0.2, 0) is 9.84 Å². The highest BCUT2D eigenvalue weighted by molar-refractivity contribution is 7.91. The SMILES string of the molecule is CCS(=O)(=O)c1ccccc1C(=O)Nc1nc(-c2ccc(F)c(F)c2)cs1. The molecule has 9 heteroatoms. The molecule has 0 unspecified atom stereocenters. The third-order valence-electron chi connectivity index (χ3n) is 3.79. The van der Waals surface area contributed by atoms with Crippen molar-refractivity contribution in [3.8, 4) is 11.3 Å². The fourth-order valence-electron chi connectivity index (χ4n) is 2.36. The number of carbonyl (C=O) groups excluding carboxylic acids is 1. The Kier molecular flexibility index (Phi) is 5.33. The molecule has 2 aromatic carbocycles. The number of rotatable bonds is 5. The summed E-state index contributed by atoms with van der Waals surface area (Å²) < 4.78 is 50.7. The Bertz CT molecular complexity index is 1110. The average molecular weight is 408 g/mol. The average Bonchev–Trinajstić information content (AvgIpc) is 3.12. The largest absolute Gasteiger partial charge is 0.298 e. The summed E-state index contributed by atoms with van der Waals surface area (Å²) in [7, 11) is -3.57. The van der Waals surface area contributed by atoms with Crippen LogP contribution in [0.4, 0.5) is 13.9 Å². The molecule has 3 rings (SSSR count). The number of anilines is 1. The molecule has 5 nitrogen and oxygen atoms in total. The Morgan fingerprint density at radius 2 is 1.89 bits per heavy atom. The van der Waals surface area contributed by atoms with Crippen molar-refractivity contribution in [1.29, 1.82) is 0 Å². The number of amides is 1. The molecule has 1 heterocycles. The van der Waals surface area contributed by atoms with Crippen molar-refractivity contribution in [2.45, 2.75) is 11.8 Å². The van der Waals surface area contributed by atoms with Crippen LogP contribution in [0.3, 0.4) is 0 Å². The maximum atomic E-state index is 13.4. The highest BCUT2D eigenvalue weighted by Crippen LogP contribution is 2.27. The second-order valence-corrected chi connectivity index (χ2v) is 8.63. The van der Waals surface area contributed by atoms with Gasteiger partial charge in [0.1, 0.15) is 0 Å². The fourth-order valence-corrected chi connectivity index (χ4v) is 4.17. The van der Waals surface area contributed by atoms with Crippen LogP contribution in [0.5, 0.6) is 0 Å². The van der Waals surface area contributed by atoms with Crippen LogP contribution in [-0.4, -0.2) is 25.1 Å². The lowest BCUT2D eigenvalue weighted by molar-refractivity contribution is 0.102. The topological polar surface area (TPSA) is 76.1 Å². The van der Waals surface area contributed by atoms with Gasteiger partial charge < -0.3 is 0 Å². The van der Waals surface area contributed by atoms with Crippen molar-refractivity contribution in [3.05, 3.63) is 65.0 Å². The summed E-state index contributed by atoms with van der Waals surface area (Å²) in [6, 6.07) is 9.29. The number of nitrogens with zero attached hydrogens (tertiary/aromatic N) is 1. The number of sulfone groups is 1. The second kappa shape index (κ2) is 7.53.